The fourth-order valence-corrected chi connectivity index (χ4v) is 3.49. The Kier molecular flexibility index (Phi) is 5.50. The van der Waals surface area contributed by atoms with Crippen LogP contribution in [0.4, 0.5) is 0 Å². The molecule has 2 aromatic heterocycles. The molecule has 1 fully saturated rings. The van der Waals surface area contributed by atoms with Gasteiger partial charge >= 0.3 is 5.69 Å². The van der Waals surface area contributed by atoms with Gasteiger partial charge in [0.2, 0.25) is 0 Å². The molecule has 8 heteroatoms. The van der Waals surface area contributed by atoms with Gasteiger partial charge in [-0.25, -0.2) is 14.3 Å². The molecule has 0 bridgehead atoms. The molecule has 1 unspecified atom stereocenters. The van der Waals surface area contributed by atoms with E-state index in [9.17, 15) is 9.59 Å². The Morgan fingerprint density at radius 3 is 2.96 bits per heavy atom. The van der Waals surface area contributed by atoms with Crippen molar-refractivity contribution in [2.45, 2.75) is 19.1 Å². The van der Waals surface area contributed by atoms with Crippen molar-refractivity contribution < 1.29 is 9.53 Å². The summed E-state index contributed by atoms with van der Waals surface area (Å²) in [5.41, 5.74) is 1.57. The van der Waals surface area contributed by atoms with Crippen LogP contribution in [-0.4, -0.2) is 57.8 Å². The molecule has 28 heavy (non-hydrogen) atoms. The number of ether oxygens (including phenoxy) is 1. The molecular weight excluding hydrogens is 358 g/mol. The van der Waals surface area contributed by atoms with Gasteiger partial charge in [0.25, 0.3) is 5.91 Å². The summed E-state index contributed by atoms with van der Waals surface area (Å²) in [4.78, 5) is 26.6. The van der Waals surface area contributed by atoms with Gasteiger partial charge in [-0.15, -0.1) is 0 Å². The van der Waals surface area contributed by atoms with Crippen LogP contribution in [0.1, 0.15) is 22.3 Å². The number of aromatic amines is 1. The molecule has 1 atom stereocenters. The van der Waals surface area contributed by atoms with Crippen molar-refractivity contribution in [1.82, 2.24) is 24.8 Å². The third-order valence-corrected chi connectivity index (χ3v) is 4.86. The molecule has 8 nitrogen and oxygen atoms in total. The largest absolute Gasteiger partial charge is 0.375 e. The molecule has 1 aromatic carbocycles. The Bertz CT molecular complexity index is 998. The first-order chi connectivity index (χ1) is 13.7. The summed E-state index contributed by atoms with van der Waals surface area (Å²) in [7, 11) is 0. The lowest BCUT2D eigenvalue weighted by Gasteiger charge is -2.24. The van der Waals surface area contributed by atoms with Gasteiger partial charge in [0.15, 0.2) is 5.65 Å². The number of rotatable bonds is 5. The molecule has 3 heterocycles. The van der Waals surface area contributed by atoms with Crippen LogP contribution in [0, 0.1) is 0 Å². The second kappa shape index (κ2) is 8.37. The van der Waals surface area contributed by atoms with Crippen LogP contribution in [0.5, 0.6) is 0 Å². The van der Waals surface area contributed by atoms with E-state index in [0.717, 1.165) is 26.1 Å². The molecule has 3 aromatic rings. The second-order valence-electron chi connectivity index (χ2n) is 6.92. The Morgan fingerprint density at radius 2 is 2.11 bits per heavy atom. The number of pyridine rings is 1. The molecule has 0 saturated carbocycles. The first-order valence-electron chi connectivity index (χ1n) is 9.42. The first-order valence-corrected chi connectivity index (χ1v) is 9.42. The zero-order valence-corrected chi connectivity index (χ0v) is 15.5. The van der Waals surface area contributed by atoms with Gasteiger partial charge < -0.3 is 10.1 Å². The van der Waals surface area contributed by atoms with Crippen molar-refractivity contribution >= 4 is 11.6 Å². The lowest BCUT2D eigenvalue weighted by Crippen LogP contribution is -2.40. The predicted molar refractivity (Wildman–Crippen MR) is 104 cm³/mol. The maximum Gasteiger partial charge on any atom is 0.347 e. The molecule has 1 amide bonds. The highest BCUT2D eigenvalue weighted by Crippen LogP contribution is 2.11. The van der Waals surface area contributed by atoms with Gasteiger partial charge in [0.05, 0.1) is 11.7 Å². The van der Waals surface area contributed by atoms with E-state index in [1.54, 1.807) is 18.3 Å². The maximum atomic E-state index is 12.6. The van der Waals surface area contributed by atoms with Crippen molar-refractivity contribution in [3.8, 4) is 0 Å². The lowest BCUT2D eigenvalue weighted by molar-refractivity contribution is 0.0511. The Labute approximate surface area is 162 Å². The van der Waals surface area contributed by atoms with Gasteiger partial charge in [0.1, 0.15) is 0 Å². The van der Waals surface area contributed by atoms with E-state index < -0.39 is 0 Å². The molecule has 1 aliphatic heterocycles. The van der Waals surface area contributed by atoms with Crippen LogP contribution in [0.3, 0.4) is 0 Å². The van der Waals surface area contributed by atoms with Crippen LogP contribution in [0.15, 0.2) is 53.5 Å². The molecule has 0 aliphatic carbocycles. The molecule has 0 radical (unpaired) electrons. The monoisotopic (exact) mass is 381 g/mol. The van der Waals surface area contributed by atoms with E-state index in [0.29, 0.717) is 24.4 Å². The third kappa shape index (κ3) is 4.13. The van der Waals surface area contributed by atoms with Gasteiger partial charge in [-0.2, -0.15) is 5.10 Å². The Balaban J connectivity index is 1.39. The van der Waals surface area contributed by atoms with Crippen LogP contribution >= 0.6 is 0 Å². The number of fused-ring (bicyclic) bond motifs is 1. The summed E-state index contributed by atoms with van der Waals surface area (Å²) in [6.07, 6.45) is 2.46. The number of hydrogen-bond donors (Lipinski definition) is 2. The Morgan fingerprint density at radius 1 is 1.25 bits per heavy atom. The summed E-state index contributed by atoms with van der Waals surface area (Å²) in [6.45, 7) is 3.66. The molecule has 0 spiro atoms. The van der Waals surface area contributed by atoms with E-state index in [-0.39, 0.29) is 17.7 Å². The number of nitrogens with zero attached hydrogens (tertiary/aromatic N) is 3. The van der Waals surface area contributed by atoms with Crippen LogP contribution in [0.25, 0.3) is 5.65 Å². The highest BCUT2D eigenvalue weighted by Gasteiger charge is 2.21. The smallest absolute Gasteiger partial charge is 0.347 e. The summed E-state index contributed by atoms with van der Waals surface area (Å²) < 4.78 is 7.23. The highest BCUT2D eigenvalue weighted by atomic mass is 16.5. The topological polar surface area (TPSA) is 91.7 Å². The zero-order valence-electron chi connectivity index (χ0n) is 15.5. The van der Waals surface area contributed by atoms with Crippen molar-refractivity contribution in [1.29, 1.82) is 0 Å². The van der Waals surface area contributed by atoms with Crippen molar-refractivity contribution in [3.63, 3.8) is 0 Å². The summed E-state index contributed by atoms with van der Waals surface area (Å²) >= 11 is 0. The standard InChI is InChI=1S/C20H23N5O3/c26-19(17-8-4-10-25-18(17)22-23-20(25)27)21-12-16-14-24(9-5-11-28-16)13-15-6-2-1-3-7-15/h1-4,6-8,10,16H,5,9,11-14H2,(H,21,26)(H,23,27). The minimum absolute atomic E-state index is 0.0868. The van der Waals surface area contributed by atoms with E-state index in [2.05, 4.69) is 32.5 Å². The zero-order chi connectivity index (χ0) is 19.3. The van der Waals surface area contributed by atoms with Crippen molar-refractivity contribution in [2.75, 3.05) is 26.2 Å². The average molecular weight is 381 g/mol. The fraction of sp³-hybridized carbons (Fsp3) is 0.350. The molecule has 1 saturated heterocycles. The summed E-state index contributed by atoms with van der Waals surface area (Å²) in [5, 5.41) is 9.22. The molecule has 146 valence electrons. The van der Waals surface area contributed by atoms with Crippen LogP contribution < -0.4 is 11.0 Å². The number of H-pyrrole nitrogens is 1. The number of nitrogens with one attached hydrogen (secondary N) is 2. The minimum atomic E-state index is -0.367. The van der Waals surface area contributed by atoms with E-state index in [1.807, 2.05) is 18.2 Å². The first kappa shape index (κ1) is 18.4. The number of benzene rings is 1. The number of amides is 1. The number of aromatic nitrogens is 3. The molecule has 2 N–H and O–H groups in total. The number of carbonyl (C=O) groups excluding carboxylic acids is 1. The fourth-order valence-electron chi connectivity index (χ4n) is 3.49. The third-order valence-electron chi connectivity index (χ3n) is 4.86. The molecule has 1 aliphatic rings. The number of hydrogen-bond acceptors (Lipinski definition) is 5. The van der Waals surface area contributed by atoms with Crippen LogP contribution in [-0.2, 0) is 11.3 Å². The van der Waals surface area contributed by atoms with E-state index in [4.69, 9.17) is 4.74 Å². The van der Waals surface area contributed by atoms with Gasteiger partial charge in [-0.3, -0.25) is 9.69 Å². The normalized spacial score (nSPS) is 18.1. The quantitative estimate of drug-likeness (QED) is 0.689. The highest BCUT2D eigenvalue weighted by molar-refractivity contribution is 5.99. The van der Waals surface area contributed by atoms with Crippen molar-refractivity contribution in [2.24, 2.45) is 0 Å². The van der Waals surface area contributed by atoms with Gasteiger partial charge in [-0.1, -0.05) is 30.3 Å². The maximum absolute atomic E-state index is 12.6. The van der Waals surface area contributed by atoms with E-state index >= 15 is 0 Å². The van der Waals surface area contributed by atoms with E-state index in [1.165, 1.54) is 9.96 Å². The summed E-state index contributed by atoms with van der Waals surface area (Å²) in [5.74, 6) is -0.271. The van der Waals surface area contributed by atoms with Crippen molar-refractivity contribution in [3.05, 3.63) is 70.3 Å². The number of carbonyl (C=O) groups is 1. The average Bonchev–Trinajstić information content (AvgIpc) is 2.95. The lowest BCUT2D eigenvalue weighted by atomic mass is 10.2. The molecular formula is C20H23N5O3. The second-order valence-corrected chi connectivity index (χ2v) is 6.92. The summed E-state index contributed by atoms with van der Waals surface area (Å²) in [6, 6.07) is 13.7. The predicted octanol–water partition coefficient (Wildman–Crippen LogP) is 1.04. The van der Waals surface area contributed by atoms with Gasteiger partial charge in [-0.05, 0) is 24.1 Å². The molecule has 4 rings (SSSR count). The van der Waals surface area contributed by atoms with Crippen LogP contribution in [0.2, 0.25) is 0 Å². The Hall–Kier alpha value is -2.97. The SMILES string of the molecule is O=C(NCC1CN(Cc2ccccc2)CCCO1)c1cccn2c(=O)[nH]nc12. The van der Waals surface area contributed by atoms with Gasteiger partial charge in [0, 0.05) is 39.0 Å². The minimum Gasteiger partial charge on any atom is -0.375 e.